The van der Waals surface area contributed by atoms with Gasteiger partial charge < -0.3 is 16.0 Å². The van der Waals surface area contributed by atoms with Gasteiger partial charge in [0, 0.05) is 31.1 Å². The lowest BCUT2D eigenvalue weighted by Crippen LogP contribution is -2.49. The summed E-state index contributed by atoms with van der Waals surface area (Å²) in [5.74, 6) is 0.0375. The number of hydrogen-bond acceptors (Lipinski definition) is 4. The van der Waals surface area contributed by atoms with Crippen LogP contribution in [0.15, 0.2) is 11.4 Å². The van der Waals surface area contributed by atoms with Gasteiger partial charge in [0.2, 0.25) is 5.91 Å². The molecule has 0 bridgehead atoms. The van der Waals surface area contributed by atoms with Crippen molar-refractivity contribution < 1.29 is 9.59 Å². The predicted octanol–water partition coefficient (Wildman–Crippen LogP) is 1.07. The monoisotopic (exact) mass is 324 g/mol. The third kappa shape index (κ3) is 4.99. The smallest absolute Gasteiger partial charge is 0.315 e. The third-order valence-corrected chi connectivity index (χ3v) is 4.97. The molecule has 1 aromatic rings. The summed E-state index contributed by atoms with van der Waals surface area (Å²) in [6.07, 6.45) is 1.75. The van der Waals surface area contributed by atoms with Crippen LogP contribution >= 0.6 is 11.3 Å². The first kappa shape index (κ1) is 16.8. The van der Waals surface area contributed by atoms with Crippen LogP contribution < -0.4 is 16.0 Å². The lowest BCUT2D eigenvalue weighted by atomic mass is 10.1. The zero-order valence-corrected chi connectivity index (χ0v) is 14.0. The number of nitrogens with one attached hydrogen (secondary N) is 3. The van der Waals surface area contributed by atoms with E-state index >= 15 is 0 Å². The summed E-state index contributed by atoms with van der Waals surface area (Å²) < 4.78 is 0. The number of hydrogen-bond donors (Lipinski definition) is 3. The molecule has 7 heteroatoms. The molecule has 6 nitrogen and oxygen atoms in total. The molecular weight excluding hydrogens is 300 g/mol. The molecule has 2 heterocycles. The molecule has 1 aliphatic rings. The third-order valence-electron chi connectivity index (χ3n) is 3.95. The molecular formula is C15H24N4O2S. The molecule has 3 amide bonds. The molecule has 0 atom stereocenters. The van der Waals surface area contributed by atoms with E-state index in [0.717, 1.165) is 25.9 Å². The largest absolute Gasteiger partial charge is 0.358 e. The summed E-state index contributed by atoms with van der Waals surface area (Å²) in [6.45, 7) is 4.73. The molecule has 0 aromatic carbocycles. The van der Waals surface area contributed by atoms with Crippen molar-refractivity contribution in [3.8, 4) is 0 Å². The minimum absolute atomic E-state index is 0.0375. The van der Waals surface area contributed by atoms with E-state index in [4.69, 9.17) is 0 Å². The van der Waals surface area contributed by atoms with Gasteiger partial charge in [-0.3, -0.25) is 9.69 Å². The van der Waals surface area contributed by atoms with E-state index in [1.807, 2.05) is 12.3 Å². The number of aryl methyl sites for hydroxylation is 1. The van der Waals surface area contributed by atoms with Gasteiger partial charge in [0.25, 0.3) is 0 Å². The van der Waals surface area contributed by atoms with E-state index in [9.17, 15) is 9.59 Å². The highest BCUT2D eigenvalue weighted by molar-refractivity contribution is 7.10. The van der Waals surface area contributed by atoms with Crippen molar-refractivity contribution in [1.29, 1.82) is 0 Å². The van der Waals surface area contributed by atoms with Crippen LogP contribution in [0, 0.1) is 6.92 Å². The van der Waals surface area contributed by atoms with Crippen molar-refractivity contribution in [2.24, 2.45) is 0 Å². The molecule has 1 aliphatic heterocycles. The first-order valence-corrected chi connectivity index (χ1v) is 8.46. The first-order valence-electron chi connectivity index (χ1n) is 7.58. The SMILES string of the molecule is CNC(=O)CN1CCC(NC(=O)NCc2sccc2C)CC1. The number of thiophene rings is 1. The molecule has 1 aromatic heterocycles. The minimum atomic E-state index is -0.113. The van der Waals surface area contributed by atoms with Crippen LogP contribution in [0.4, 0.5) is 4.79 Å². The van der Waals surface area contributed by atoms with Crippen LogP contribution in [0.25, 0.3) is 0 Å². The maximum atomic E-state index is 11.9. The second-order valence-electron chi connectivity index (χ2n) is 5.58. The Labute approximate surface area is 135 Å². The zero-order valence-electron chi connectivity index (χ0n) is 13.1. The fraction of sp³-hybridized carbons (Fsp3) is 0.600. The molecule has 0 spiro atoms. The fourth-order valence-corrected chi connectivity index (χ4v) is 3.35. The van der Waals surface area contributed by atoms with Crippen molar-refractivity contribution in [1.82, 2.24) is 20.9 Å². The summed E-state index contributed by atoms with van der Waals surface area (Å²) in [5, 5.41) is 10.6. The van der Waals surface area contributed by atoms with Crippen LogP contribution in [0.5, 0.6) is 0 Å². The Balaban J connectivity index is 1.66. The van der Waals surface area contributed by atoms with E-state index in [1.54, 1.807) is 18.4 Å². The quantitative estimate of drug-likeness (QED) is 0.758. The van der Waals surface area contributed by atoms with Gasteiger partial charge in [-0.25, -0.2) is 4.79 Å². The van der Waals surface area contributed by atoms with E-state index in [-0.39, 0.29) is 18.0 Å². The number of likely N-dealkylation sites (tertiary alicyclic amines) is 1. The van der Waals surface area contributed by atoms with Gasteiger partial charge in [0.05, 0.1) is 13.1 Å². The van der Waals surface area contributed by atoms with Crippen molar-refractivity contribution in [2.75, 3.05) is 26.7 Å². The van der Waals surface area contributed by atoms with E-state index < -0.39 is 0 Å². The molecule has 1 saturated heterocycles. The summed E-state index contributed by atoms with van der Waals surface area (Å²) in [4.78, 5) is 26.6. The molecule has 3 N–H and O–H groups in total. The Morgan fingerprint density at radius 1 is 1.36 bits per heavy atom. The topological polar surface area (TPSA) is 73.5 Å². The molecule has 22 heavy (non-hydrogen) atoms. The van der Waals surface area contributed by atoms with Gasteiger partial charge in [-0.05, 0) is 36.8 Å². The highest BCUT2D eigenvalue weighted by atomic mass is 32.1. The number of nitrogens with zero attached hydrogens (tertiary/aromatic N) is 1. The summed E-state index contributed by atoms with van der Waals surface area (Å²) in [7, 11) is 1.65. The normalized spacial score (nSPS) is 16.3. The van der Waals surface area contributed by atoms with Crippen LogP contribution in [-0.2, 0) is 11.3 Å². The van der Waals surface area contributed by atoms with Crippen molar-refractivity contribution >= 4 is 23.3 Å². The molecule has 1 fully saturated rings. The number of likely N-dealkylation sites (N-methyl/N-ethyl adjacent to an activating group) is 1. The second kappa shape index (κ2) is 8.14. The van der Waals surface area contributed by atoms with Gasteiger partial charge in [-0.2, -0.15) is 0 Å². The molecule has 2 rings (SSSR count). The summed E-state index contributed by atoms with van der Waals surface area (Å²) in [6, 6.07) is 2.13. The minimum Gasteiger partial charge on any atom is -0.358 e. The summed E-state index contributed by atoms with van der Waals surface area (Å²) in [5.41, 5.74) is 1.22. The number of urea groups is 1. The van der Waals surface area contributed by atoms with E-state index in [0.29, 0.717) is 13.1 Å². The van der Waals surface area contributed by atoms with Crippen LogP contribution in [-0.4, -0.2) is 49.6 Å². The number of carbonyl (C=O) groups is 2. The zero-order chi connectivity index (χ0) is 15.9. The van der Waals surface area contributed by atoms with Gasteiger partial charge in [0.15, 0.2) is 0 Å². The summed E-state index contributed by atoms with van der Waals surface area (Å²) >= 11 is 1.66. The number of amides is 3. The van der Waals surface area contributed by atoms with Gasteiger partial charge in [-0.1, -0.05) is 0 Å². The Kier molecular flexibility index (Phi) is 6.21. The number of rotatable bonds is 5. The average molecular weight is 324 g/mol. The first-order chi connectivity index (χ1) is 10.6. The highest BCUT2D eigenvalue weighted by Gasteiger charge is 2.21. The maximum absolute atomic E-state index is 11.9. The molecule has 0 aliphatic carbocycles. The van der Waals surface area contributed by atoms with Crippen molar-refractivity contribution in [3.63, 3.8) is 0 Å². The van der Waals surface area contributed by atoms with Crippen LogP contribution in [0.2, 0.25) is 0 Å². The highest BCUT2D eigenvalue weighted by Crippen LogP contribution is 2.15. The second-order valence-corrected chi connectivity index (χ2v) is 6.58. The van der Waals surface area contributed by atoms with Crippen LogP contribution in [0.1, 0.15) is 23.3 Å². The predicted molar refractivity (Wildman–Crippen MR) is 88.0 cm³/mol. The van der Waals surface area contributed by atoms with Gasteiger partial charge >= 0.3 is 6.03 Å². The number of carbonyl (C=O) groups excluding carboxylic acids is 2. The molecule has 0 saturated carbocycles. The van der Waals surface area contributed by atoms with Crippen molar-refractivity contribution in [2.45, 2.75) is 32.4 Å². The molecule has 0 unspecified atom stereocenters. The lowest BCUT2D eigenvalue weighted by Gasteiger charge is -2.31. The lowest BCUT2D eigenvalue weighted by molar-refractivity contribution is -0.122. The average Bonchev–Trinajstić information content (AvgIpc) is 2.92. The van der Waals surface area contributed by atoms with E-state index in [1.165, 1.54) is 10.4 Å². The Hall–Kier alpha value is -1.60. The van der Waals surface area contributed by atoms with Gasteiger partial charge in [-0.15, -0.1) is 11.3 Å². The maximum Gasteiger partial charge on any atom is 0.315 e. The van der Waals surface area contributed by atoms with E-state index in [2.05, 4.69) is 26.9 Å². The Morgan fingerprint density at radius 3 is 2.68 bits per heavy atom. The molecule has 122 valence electrons. The standard InChI is InChI=1S/C15H24N4O2S/c1-11-5-8-22-13(11)9-17-15(21)18-12-3-6-19(7-4-12)10-14(20)16-2/h5,8,12H,3-4,6-7,9-10H2,1-2H3,(H,16,20)(H2,17,18,21). The fourth-order valence-electron chi connectivity index (χ4n) is 2.50. The van der Waals surface area contributed by atoms with Gasteiger partial charge in [0.1, 0.15) is 0 Å². The number of piperidine rings is 1. The van der Waals surface area contributed by atoms with Crippen LogP contribution in [0.3, 0.4) is 0 Å². The van der Waals surface area contributed by atoms with Crippen molar-refractivity contribution in [3.05, 3.63) is 21.9 Å². The molecule has 0 radical (unpaired) electrons. The Bertz CT molecular complexity index is 509. The Morgan fingerprint density at radius 2 is 2.09 bits per heavy atom.